The molecule has 0 aliphatic carbocycles. The number of hydrogen-bond acceptors (Lipinski definition) is 8. The molecule has 1 aromatic heterocycles. The molecule has 1 aliphatic heterocycles. The van der Waals surface area contributed by atoms with Gasteiger partial charge >= 0.3 is 5.97 Å². The first kappa shape index (κ1) is 23.2. The van der Waals surface area contributed by atoms with Gasteiger partial charge in [-0.25, -0.2) is 0 Å². The van der Waals surface area contributed by atoms with E-state index >= 15 is 0 Å². The summed E-state index contributed by atoms with van der Waals surface area (Å²) < 4.78 is 15.5. The van der Waals surface area contributed by atoms with Crippen molar-refractivity contribution in [2.24, 2.45) is 5.92 Å². The van der Waals surface area contributed by atoms with E-state index < -0.39 is 5.56 Å². The Balaban J connectivity index is 1.59. The van der Waals surface area contributed by atoms with Crippen molar-refractivity contribution in [3.05, 3.63) is 34.2 Å². The molecule has 1 N–H and O–H groups in total. The first-order valence-corrected chi connectivity index (χ1v) is 10.6. The average Bonchev–Trinajstić information content (AvgIpc) is 2.82. The van der Waals surface area contributed by atoms with E-state index in [2.05, 4.69) is 15.2 Å². The molecule has 2 heterocycles. The number of H-pyrrole nitrogens is 1. The maximum atomic E-state index is 12.5. The molecule has 3 rings (SSSR count). The van der Waals surface area contributed by atoms with E-state index in [4.69, 9.17) is 14.2 Å². The van der Waals surface area contributed by atoms with Gasteiger partial charge in [0.1, 0.15) is 17.2 Å². The number of carbonyl (C=O) groups excluding carboxylic acids is 2. The molecule has 172 valence electrons. The Morgan fingerprint density at radius 2 is 1.75 bits per heavy atom. The summed E-state index contributed by atoms with van der Waals surface area (Å²) in [5.74, 6) is 0.968. The molecule has 0 bridgehead atoms. The Labute approximate surface area is 185 Å². The van der Waals surface area contributed by atoms with E-state index in [1.807, 2.05) is 0 Å². The van der Waals surface area contributed by atoms with Crippen LogP contribution >= 0.6 is 0 Å². The van der Waals surface area contributed by atoms with Gasteiger partial charge in [-0.15, -0.1) is 10.2 Å². The summed E-state index contributed by atoms with van der Waals surface area (Å²) in [7, 11) is 3.07. The monoisotopic (exact) mass is 444 g/mol. The second-order valence-electron chi connectivity index (χ2n) is 7.46. The van der Waals surface area contributed by atoms with Gasteiger partial charge in [-0.3, -0.25) is 14.4 Å². The normalized spacial score (nSPS) is 14.2. The maximum Gasteiger partial charge on any atom is 0.309 e. The summed E-state index contributed by atoms with van der Waals surface area (Å²) in [6.45, 7) is 3.14. The van der Waals surface area contributed by atoms with Crippen LogP contribution in [-0.4, -0.2) is 65.9 Å². The number of nitrogens with zero attached hydrogens (tertiary/aromatic N) is 3. The molecule has 1 saturated heterocycles. The average molecular weight is 444 g/mol. The molecule has 2 aromatic rings. The van der Waals surface area contributed by atoms with E-state index in [1.54, 1.807) is 30.0 Å². The van der Waals surface area contributed by atoms with Crippen molar-refractivity contribution in [3.63, 3.8) is 0 Å². The van der Waals surface area contributed by atoms with Crippen LogP contribution in [-0.2, 0) is 20.7 Å². The maximum absolute atomic E-state index is 12.5. The Morgan fingerprint density at radius 1 is 1.09 bits per heavy atom. The molecule has 1 amide bonds. The standard InChI is InChI=1S/C22H28N4O6/c1-4-32-22(29)14-7-9-26(10-8-14)19(27)6-5-18-21(28)23-20(25-24-18)15-11-16(30-2)13-17(12-15)31-3/h11-14H,4-10H2,1-3H3,(H,23,25,28). The van der Waals surface area contributed by atoms with Gasteiger partial charge in [-0.05, 0) is 31.9 Å². The summed E-state index contributed by atoms with van der Waals surface area (Å²) in [5, 5.41) is 8.14. The van der Waals surface area contributed by atoms with Crippen LogP contribution in [0.15, 0.2) is 23.0 Å². The first-order valence-electron chi connectivity index (χ1n) is 10.6. The molecule has 10 nitrogen and oxygen atoms in total. The second-order valence-corrected chi connectivity index (χ2v) is 7.46. The molecule has 0 saturated carbocycles. The van der Waals surface area contributed by atoms with Crippen LogP contribution in [0.5, 0.6) is 11.5 Å². The third-order valence-electron chi connectivity index (χ3n) is 5.43. The zero-order valence-electron chi connectivity index (χ0n) is 18.6. The molecular formula is C22H28N4O6. The minimum absolute atomic E-state index is 0.0740. The van der Waals surface area contributed by atoms with Gasteiger partial charge in [0.25, 0.3) is 5.56 Å². The van der Waals surface area contributed by atoms with Crippen molar-refractivity contribution in [2.75, 3.05) is 33.9 Å². The third kappa shape index (κ3) is 5.63. The van der Waals surface area contributed by atoms with Crippen molar-refractivity contribution >= 4 is 11.9 Å². The summed E-state index contributed by atoms with van der Waals surface area (Å²) in [5.41, 5.74) is 0.391. The lowest BCUT2D eigenvalue weighted by Crippen LogP contribution is -2.40. The molecule has 1 aliphatic rings. The lowest BCUT2D eigenvalue weighted by atomic mass is 9.96. The number of likely N-dealkylation sites (tertiary alicyclic amines) is 1. The molecule has 0 atom stereocenters. The molecule has 1 fully saturated rings. The Kier molecular flexibility index (Phi) is 7.80. The van der Waals surface area contributed by atoms with Crippen LogP contribution in [0.25, 0.3) is 11.4 Å². The number of aromatic amines is 1. The Bertz CT molecular complexity index is 991. The molecule has 0 radical (unpaired) electrons. The van der Waals surface area contributed by atoms with Gasteiger partial charge in [0, 0.05) is 37.6 Å². The fourth-order valence-electron chi connectivity index (χ4n) is 3.61. The minimum atomic E-state index is -0.398. The van der Waals surface area contributed by atoms with E-state index in [-0.39, 0.29) is 42.2 Å². The zero-order valence-corrected chi connectivity index (χ0v) is 18.6. The molecule has 10 heteroatoms. The number of hydrogen-bond donors (Lipinski definition) is 1. The smallest absolute Gasteiger partial charge is 0.309 e. The number of ether oxygens (including phenoxy) is 3. The number of nitrogens with one attached hydrogen (secondary N) is 1. The number of amides is 1. The van der Waals surface area contributed by atoms with Crippen LogP contribution in [0.2, 0.25) is 0 Å². The zero-order chi connectivity index (χ0) is 23.1. The van der Waals surface area contributed by atoms with Crippen LogP contribution in [0.1, 0.15) is 31.9 Å². The fraction of sp³-hybridized carbons (Fsp3) is 0.500. The van der Waals surface area contributed by atoms with Gasteiger partial charge in [0.15, 0.2) is 5.82 Å². The van der Waals surface area contributed by atoms with Gasteiger partial charge in [-0.2, -0.15) is 0 Å². The highest BCUT2D eigenvalue weighted by Crippen LogP contribution is 2.27. The lowest BCUT2D eigenvalue weighted by molar-refractivity contribution is -0.151. The van der Waals surface area contributed by atoms with Gasteiger partial charge in [0.05, 0.1) is 26.7 Å². The van der Waals surface area contributed by atoms with Crippen LogP contribution < -0.4 is 15.0 Å². The largest absolute Gasteiger partial charge is 0.497 e. The van der Waals surface area contributed by atoms with Crippen molar-refractivity contribution in [1.82, 2.24) is 20.1 Å². The number of methoxy groups -OCH3 is 2. The van der Waals surface area contributed by atoms with Crippen LogP contribution in [0.4, 0.5) is 0 Å². The number of rotatable bonds is 8. The molecule has 0 spiro atoms. The highest BCUT2D eigenvalue weighted by Gasteiger charge is 2.28. The predicted molar refractivity (Wildman–Crippen MR) is 115 cm³/mol. The number of piperidine rings is 1. The first-order chi connectivity index (χ1) is 15.4. The van der Waals surface area contributed by atoms with E-state index in [0.29, 0.717) is 49.6 Å². The number of aromatic nitrogens is 3. The fourth-order valence-corrected chi connectivity index (χ4v) is 3.61. The van der Waals surface area contributed by atoms with E-state index in [0.717, 1.165) is 0 Å². The molecular weight excluding hydrogens is 416 g/mol. The molecule has 0 unspecified atom stereocenters. The summed E-state index contributed by atoms with van der Waals surface area (Å²) in [6.07, 6.45) is 1.50. The number of carbonyl (C=O) groups is 2. The van der Waals surface area contributed by atoms with E-state index in [1.165, 1.54) is 14.2 Å². The van der Waals surface area contributed by atoms with Gasteiger partial charge in [0.2, 0.25) is 5.91 Å². The van der Waals surface area contributed by atoms with Crippen molar-refractivity contribution < 1.29 is 23.8 Å². The predicted octanol–water partition coefficient (Wildman–Crippen LogP) is 1.58. The second kappa shape index (κ2) is 10.7. The Morgan fingerprint density at radius 3 is 2.31 bits per heavy atom. The Hall–Kier alpha value is -3.43. The topological polar surface area (TPSA) is 124 Å². The SMILES string of the molecule is CCOC(=O)C1CCN(C(=O)CCc2nnc(-c3cc(OC)cc(OC)c3)[nH]c2=O)CC1. The van der Waals surface area contributed by atoms with Crippen molar-refractivity contribution in [2.45, 2.75) is 32.6 Å². The van der Waals surface area contributed by atoms with Gasteiger partial charge in [-0.1, -0.05) is 0 Å². The summed E-state index contributed by atoms with van der Waals surface area (Å²) in [4.78, 5) is 41.3. The van der Waals surface area contributed by atoms with Crippen molar-refractivity contribution in [3.8, 4) is 22.9 Å². The third-order valence-corrected chi connectivity index (χ3v) is 5.43. The summed E-state index contributed by atoms with van der Waals surface area (Å²) in [6, 6.07) is 5.14. The number of aryl methyl sites for hydroxylation is 1. The minimum Gasteiger partial charge on any atom is -0.497 e. The number of esters is 1. The lowest BCUT2D eigenvalue weighted by Gasteiger charge is -2.30. The highest BCUT2D eigenvalue weighted by atomic mass is 16.5. The quantitative estimate of drug-likeness (QED) is 0.609. The highest BCUT2D eigenvalue weighted by molar-refractivity contribution is 5.77. The van der Waals surface area contributed by atoms with Crippen LogP contribution in [0.3, 0.4) is 0 Å². The molecule has 32 heavy (non-hydrogen) atoms. The van der Waals surface area contributed by atoms with Crippen LogP contribution in [0, 0.1) is 5.92 Å². The molecule has 1 aromatic carbocycles. The van der Waals surface area contributed by atoms with Gasteiger partial charge < -0.3 is 24.1 Å². The van der Waals surface area contributed by atoms with Crippen molar-refractivity contribution in [1.29, 1.82) is 0 Å². The number of benzene rings is 1. The van der Waals surface area contributed by atoms with E-state index in [9.17, 15) is 14.4 Å². The summed E-state index contributed by atoms with van der Waals surface area (Å²) >= 11 is 0.